The van der Waals surface area contributed by atoms with Crippen LogP contribution in [0, 0.1) is 0 Å². The number of hydrogen-bond donors (Lipinski definition) is 0. The highest BCUT2D eigenvalue weighted by Crippen LogP contribution is 2.14. The van der Waals surface area contributed by atoms with Gasteiger partial charge < -0.3 is 9.80 Å². The third-order valence-corrected chi connectivity index (χ3v) is 4.33. The van der Waals surface area contributed by atoms with Crippen molar-refractivity contribution in [2.75, 3.05) is 31.6 Å². The summed E-state index contributed by atoms with van der Waals surface area (Å²) in [7, 11) is 1.95. The summed E-state index contributed by atoms with van der Waals surface area (Å²) in [5.41, 5.74) is 1.70. The molecular weight excluding hydrogens is 302 g/mol. The first-order valence-corrected chi connectivity index (χ1v) is 8.46. The summed E-state index contributed by atoms with van der Waals surface area (Å²) >= 11 is 0. The van der Waals surface area contributed by atoms with E-state index in [2.05, 4.69) is 15.0 Å². The van der Waals surface area contributed by atoms with Crippen molar-refractivity contribution in [3.05, 3.63) is 48.0 Å². The molecule has 2 aromatic rings. The van der Waals surface area contributed by atoms with Crippen molar-refractivity contribution in [1.82, 2.24) is 19.9 Å². The van der Waals surface area contributed by atoms with Crippen LogP contribution in [-0.2, 0) is 6.42 Å². The van der Waals surface area contributed by atoms with Crippen molar-refractivity contribution < 1.29 is 4.79 Å². The number of rotatable bonds is 5. The Kier molecular flexibility index (Phi) is 5.36. The van der Waals surface area contributed by atoms with Crippen molar-refractivity contribution >= 4 is 11.9 Å². The second kappa shape index (κ2) is 7.86. The zero-order valence-electron chi connectivity index (χ0n) is 14.1. The molecule has 3 rings (SSSR count). The predicted molar refractivity (Wildman–Crippen MR) is 93.0 cm³/mol. The smallest absolute Gasteiger partial charge is 0.272 e. The van der Waals surface area contributed by atoms with E-state index in [1.54, 1.807) is 24.7 Å². The van der Waals surface area contributed by atoms with E-state index in [-0.39, 0.29) is 5.91 Å². The lowest BCUT2D eigenvalue weighted by molar-refractivity contribution is 0.0718. The maximum absolute atomic E-state index is 12.6. The molecule has 2 aromatic heterocycles. The quantitative estimate of drug-likeness (QED) is 0.843. The van der Waals surface area contributed by atoms with Crippen LogP contribution in [0.3, 0.4) is 0 Å². The number of carbonyl (C=O) groups excluding carboxylic acids is 1. The van der Waals surface area contributed by atoms with Gasteiger partial charge in [-0.1, -0.05) is 0 Å². The highest BCUT2D eigenvalue weighted by atomic mass is 16.2. The number of carbonyl (C=O) groups is 1. The second-order valence-corrected chi connectivity index (χ2v) is 6.12. The van der Waals surface area contributed by atoms with Crippen LogP contribution in [-0.4, -0.2) is 52.4 Å². The SMILES string of the molecule is CN(CCc1ccncc1)c1nccc(C(=O)N2CCCCC2)n1. The number of aromatic nitrogens is 3. The Morgan fingerprint density at radius 2 is 1.88 bits per heavy atom. The number of amides is 1. The number of likely N-dealkylation sites (N-methyl/N-ethyl adjacent to an activating group) is 1. The number of nitrogens with zero attached hydrogens (tertiary/aromatic N) is 5. The molecule has 0 saturated carbocycles. The highest BCUT2D eigenvalue weighted by Gasteiger charge is 2.20. The molecule has 0 spiro atoms. The fraction of sp³-hybridized carbons (Fsp3) is 0.444. The molecule has 6 nitrogen and oxygen atoms in total. The molecule has 1 aliphatic rings. The third kappa shape index (κ3) is 4.07. The number of anilines is 1. The van der Waals surface area contributed by atoms with E-state index in [1.807, 2.05) is 29.0 Å². The Morgan fingerprint density at radius 3 is 2.62 bits per heavy atom. The van der Waals surface area contributed by atoms with Crippen molar-refractivity contribution in [2.45, 2.75) is 25.7 Å². The number of likely N-dealkylation sites (tertiary alicyclic amines) is 1. The van der Waals surface area contributed by atoms with Crippen molar-refractivity contribution in [3.8, 4) is 0 Å². The molecule has 1 aliphatic heterocycles. The minimum absolute atomic E-state index is 0.0147. The van der Waals surface area contributed by atoms with E-state index in [0.29, 0.717) is 11.6 Å². The van der Waals surface area contributed by atoms with Gasteiger partial charge in [-0.05, 0) is 49.4 Å². The molecule has 6 heteroatoms. The Bertz CT molecular complexity index is 670. The van der Waals surface area contributed by atoms with Gasteiger partial charge in [0.15, 0.2) is 0 Å². The maximum Gasteiger partial charge on any atom is 0.272 e. The van der Waals surface area contributed by atoms with Gasteiger partial charge in [0.05, 0.1) is 0 Å². The molecule has 0 bridgehead atoms. The van der Waals surface area contributed by atoms with Crippen LogP contribution >= 0.6 is 0 Å². The molecule has 1 saturated heterocycles. The van der Waals surface area contributed by atoms with Gasteiger partial charge in [0.1, 0.15) is 5.69 Å². The summed E-state index contributed by atoms with van der Waals surface area (Å²) in [4.78, 5) is 29.2. The van der Waals surface area contributed by atoms with Crippen LogP contribution in [0.2, 0.25) is 0 Å². The molecule has 0 radical (unpaired) electrons. The Labute approximate surface area is 142 Å². The van der Waals surface area contributed by atoms with Gasteiger partial charge in [-0.2, -0.15) is 0 Å². The van der Waals surface area contributed by atoms with Gasteiger partial charge in [-0.25, -0.2) is 9.97 Å². The summed E-state index contributed by atoms with van der Waals surface area (Å²) in [5, 5.41) is 0. The van der Waals surface area contributed by atoms with E-state index in [0.717, 1.165) is 38.9 Å². The summed E-state index contributed by atoms with van der Waals surface area (Å²) in [6.45, 7) is 2.44. The van der Waals surface area contributed by atoms with Crippen LogP contribution in [0.1, 0.15) is 35.3 Å². The van der Waals surface area contributed by atoms with Crippen LogP contribution in [0.5, 0.6) is 0 Å². The topological polar surface area (TPSA) is 62.2 Å². The Balaban J connectivity index is 1.64. The first-order valence-electron chi connectivity index (χ1n) is 8.46. The molecule has 0 aliphatic carbocycles. The molecule has 126 valence electrons. The van der Waals surface area contributed by atoms with E-state index in [9.17, 15) is 4.79 Å². The molecule has 0 aromatic carbocycles. The summed E-state index contributed by atoms with van der Waals surface area (Å²) in [6.07, 6.45) is 9.50. The van der Waals surface area contributed by atoms with E-state index >= 15 is 0 Å². The normalized spacial score (nSPS) is 14.5. The van der Waals surface area contributed by atoms with E-state index in [4.69, 9.17) is 0 Å². The summed E-state index contributed by atoms with van der Waals surface area (Å²) < 4.78 is 0. The Morgan fingerprint density at radius 1 is 1.12 bits per heavy atom. The lowest BCUT2D eigenvalue weighted by Crippen LogP contribution is -2.36. The summed E-state index contributed by atoms with van der Waals surface area (Å²) in [6, 6.07) is 5.72. The largest absolute Gasteiger partial charge is 0.344 e. The van der Waals surface area contributed by atoms with Crippen LogP contribution < -0.4 is 4.90 Å². The monoisotopic (exact) mass is 325 g/mol. The second-order valence-electron chi connectivity index (χ2n) is 6.12. The molecule has 0 unspecified atom stereocenters. The molecule has 24 heavy (non-hydrogen) atoms. The van der Waals surface area contributed by atoms with Gasteiger partial charge in [-0.15, -0.1) is 0 Å². The minimum atomic E-state index is 0.0147. The lowest BCUT2D eigenvalue weighted by atomic mass is 10.1. The molecule has 1 fully saturated rings. The van der Waals surface area contributed by atoms with Crippen LogP contribution in [0.15, 0.2) is 36.8 Å². The molecule has 0 N–H and O–H groups in total. The maximum atomic E-state index is 12.6. The molecule has 3 heterocycles. The fourth-order valence-electron chi connectivity index (χ4n) is 2.86. The molecule has 0 atom stereocenters. The van der Waals surface area contributed by atoms with Gasteiger partial charge in [0.2, 0.25) is 5.95 Å². The lowest BCUT2D eigenvalue weighted by Gasteiger charge is -2.26. The number of hydrogen-bond acceptors (Lipinski definition) is 5. The van der Waals surface area contributed by atoms with Crippen molar-refractivity contribution in [1.29, 1.82) is 0 Å². The first kappa shape index (κ1) is 16.4. The number of pyridine rings is 1. The number of piperidine rings is 1. The van der Waals surface area contributed by atoms with Gasteiger partial charge in [0.25, 0.3) is 5.91 Å². The van der Waals surface area contributed by atoms with Gasteiger partial charge in [-0.3, -0.25) is 9.78 Å². The first-order chi connectivity index (χ1) is 11.7. The van der Waals surface area contributed by atoms with Crippen molar-refractivity contribution in [2.24, 2.45) is 0 Å². The van der Waals surface area contributed by atoms with E-state index in [1.165, 1.54) is 12.0 Å². The fourth-order valence-corrected chi connectivity index (χ4v) is 2.86. The van der Waals surface area contributed by atoms with E-state index < -0.39 is 0 Å². The standard InChI is InChI=1S/C18H23N5O/c1-22(14-8-15-5-9-19-10-6-15)18-20-11-7-16(21-18)17(24)23-12-3-2-4-13-23/h5-7,9-11H,2-4,8,12-14H2,1H3. The average molecular weight is 325 g/mol. The van der Waals surface area contributed by atoms with Gasteiger partial charge >= 0.3 is 0 Å². The van der Waals surface area contributed by atoms with Gasteiger partial charge in [0, 0.05) is 45.3 Å². The summed E-state index contributed by atoms with van der Waals surface area (Å²) in [5.74, 6) is 0.604. The molecule has 1 amide bonds. The highest BCUT2D eigenvalue weighted by molar-refractivity contribution is 5.92. The third-order valence-electron chi connectivity index (χ3n) is 4.33. The zero-order chi connectivity index (χ0) is 16.8. The molecular formula is C18H23N5O. The zero-order valence-corrected chi connectivity index (χ0v) is 14.1. The van der Waals surface area contributed by atoms with Crippen molar-refractivity contribution in [3.63, 3.8) is 0 Å². The van der Waals surface area contributed by atoms with Crippen LogP contribution in [0.4, 0.5) is 5.95 Å². The predicted octanol–water partition coefficient (Wildman–Crippen LogP) is 2.18. The minimum Gasteiger partial charge on any atom is -0.344 e. The van der Waals surface area contributed by atoms with Crippen LogP contribution in [0.25, 0.3) is 0 Å². The average Bonchev–Trinajstić information content (AvgIpc) is 2.67. The Hall–Kier alpha value is -2.50.